The molecular formula is C13H17NO6S. The Balaban J connectivity index is 3.14. The maximum Gasteiger partial charge on any atom is 0.335 e. The van der Waals surface area contributed by atoms with Gasteiger partial charge in [0.2, 0.25) is 5.91 Å². The highest BCUT2D eigenvalue weighted by Gasteiger charge is 2.24. The van der Waals surface area contributed by atoms with Crippen LogP contribution >= 0.6 is 0 Å². The first-order valence-electron chi connectivity index (χ1n) is 6.22. The monoisotopic (exact) mass is 315 g/mol. The molecule has 0 bridgehead atoms. The Labute approximate surface area is 122 Å². The minimum atomic E-state index is -3.99. The zero-order valence-electron chi connectivity index (χ0n) is 11.8. The molecule has 0 unspecified atom stereocenters. The molecule has 0 aliphatic heterocycles. The lowest BCUT2D eigenvalue weighted by atomic mass is 10.2. The van der Waals surface area contributed by atoms with Crippen LogP contribution in [-0.2, 0) is 14.6 Å². The number of sulfone groups is 1. The van der Waals surface area contributed by atoms with E-state index in [2.05, 4.69) is 5.32 Å². The minimum absolute atomic E-state index is 0.00305. The third kappa shape index (κ3) is 4.45. The van der Waals surface area contributed by atoms with Crippen LogP contribution in [0, 0.1) is 0 Å². The fraction of sp³-hybridized carbons (Fsp3) is 0.385. The van der Waals surface area contributed by atoms with Crippen molar-refractivity contribution >= 4 is 21.7 Å². The van der Waals surface area contributed by atoms with E-state index in [-0.39, 0.29) is 16.2 Å². The minimum Gasteiger partial charge on any atom is -0.495 e. The molecular weight excluding hydrogens is 298 g/mol. The molecule has 1 rings (SSSR count). The second-order valence-electron chi connectivity index (χ2n) is 4.28. The maximum absolute atomic E-state index is 12.2. The number of carbonyl (C=O) groups excluding carboxylic acids is 1. The van der Waals surface area contributed by atoms with E-state index < -0.39 is 27.5 Å². The molecule has 0 fully saturated rings. The van der Waals surface area contributed by atoms with Crippen LogP contribution in [0.3, 0.4) is 0 Å². The molecule has 2 N–H and O–H groups in total. The lowest BCUT2D eigenvalue weighted by Gasteiger charge is -2.10. The quantitative estimate of drug-likeness (QED) is 0.766. The summed E-state index contributed by atoms with van der Waals surface area (Å²) in [6.07, 6.45) is 0.684. The van der Waals surface area contributed by atoms with Crippen LogP contribution in [0.1, 0.15) is 23.7 Å². The summed E-state index contributed by atoms with van der Waals surface area (Å²) in [6.45, 7) is 2.22. The SMILES string of the molecule is CCCNC(=O)CS(=O)(=O)c1cc(C(=O)O)ccc1OC. The molecule has 21 heavy (non-hydrogen) atoms. The summed E-state index contributed by atoms with van der Waals surface area (Å²) < 4.78 is 29.4. The van der Waals surface area contributed by atoms with Crippen molar-refractivity contribution in [2.24, 2.45) is 0 Å². The van der Waals surface area contributed by atoms with Gasteiger partial charge in [-0.15, -0.1) is 0 Å². The van der Waals surface area contributed by atoms with Crippen molar-refractivity contribution in [2.75, 3.05) is 19.4 Å². The Bertz CT molecular complexity index is 638. The summed E-state index contributed by atoms with van der Waals surface area (Å²) in [7, 11) is -2.72. The van der Waals surface area contributed by atoms with Crippen molar-refractivity contribution in [2.45, 2.75) is 18.2 Å². The van der Waals surface area contributed by atoms with Crippen LogP contribution in [0.4, 0.5) is 0 Å². The zero-order valence-corrected chi connectivity index (χ0v) is 12.6. The third-order valence-electron chi connectivity index (χ3n) is 2.64. The van der Waals surface area contributed by atoms with Gasteiger partial charge in [-0.25, -0.2) is 13.2 Å². The third-order valence-corrected chi connectivity index (χ3v) is 4.27. The highest BCUT2D eigenvalue weighted by Crippen LogP contribution is 2.26. The Morgan fingerprint density at radius 1 is 1.33 bits per heavy atom. The number of carboxylic acid groups (broad SMARTS) is 1. The molecule has 0 atom stereocenters. The van der Waals surface area contributed by atoms with Crippen LogP contribution in [-0.4, -0.2) is 44.8 Å². The molecule has 0 aliphatic carbocycles. The summed E-state index contributed by atoms with van der Waals surface area (Å²) >= 11 is 0. The second-order valence-corrected chi connectivity index (χ2v) is 6.24. The molecule has 0 saturated heterocycles. The lowest BCUT2D eigenvalue weighted by molar-refractivity contribution is -0.118. The van der Waals surface area contributed by atoms with Crippen LogP contribution in [0.15, 0.2) is 23.1 Å². The van der Waals surface area contributed by atoms with Crippen LogP contribution in [0.5, 0.6) is 5.75 Å². The highest BCUT2D eigenvalue weighted by atomic mass is 32.2. The Morgan fingerprint density at radius 3 is 2.52 bits per heavy atom. The number of nitrogens with one attached hydrogen (secondary N) is 1. The number of carboxylic acids is 1. The van der Waals surface area contributed by atoms with Gasteiger partial charge in [-0.3, -0.25) is 4.79 Å². The van der Waals surface area contributed by atoms with E-state index in [1.807, 2.05) is 6.92 Å². The zero-order chi connectivity index (χ0) is 16.0. The molecule has 116 valence electrons. The molecule has 0 heterocycles. The summed E-state index contributed by atoms with van der Waals surface area (Å²) in [6, 6.07) is 3.47. The van der Waals surface area contributed by atoms with E-state index in [0.717, 1.165) is 6.07 Å². The smallest absolute Gasteiger partial charge is 0.335 e. The van der Waals surface area contributed by atoms with E-state index in [4.69, 9.17) is 9.84 Å². The number of ether oxygens (including phenoxy) is 1. The number of rotatable bonds is 7. The summed E-state index contributed by atoms with van der Waals surface area (Å²) in [5.74, 6) is -2.65. The Kier molecular flexibility index (Phi) is 5.71. The second kappa shape index (κ2) is 7.07. The highest BCUT2D eigenvalue weighted by molar-refractivity contribution is 7.92. The summed E-state index contributed by atoms with van der Waals surface area (Å²) in [4.78, 5) is 22.2. The first-order chi connectivity index (χ1) is 9.81. The van der Waals surface area contributed by atoms with E-state index in [9.17, 15) is 18.0 Å². The average molecular weight is 315 g/mol. The van der Waals surface area contributed by atoms with Gasteiger partial charge in [0.15, 0.2) is 9.84 Å². The van der Waals surface area contributed by atoms with Crippen molar-refractivity contribution in [3.8, 4) is 5.75 Å². The van der Waals surface area contributed by atoms with Crippen LogP contribution in [0.2, 0.25) is 0 Å². The number of aromatic carboxylic acids is 1. The number of methoxy groups -OCH3 is 1. The molecule has 1 aromatic carbocycles. The predicted octanol–water partition coefficient (Wildman–Crippen LogP) is 0.693. The Morgan fingerprint density at radius 2 is 2.00 bits per heavy atom. The number of hydrogen-bond donors (Lipinski definition) is 2. The largest absolute Gasteiger partial charge is 0.495 e. The average Bonchev–Trinajstić information content (AvgIpc) is 2.43. The van der Waals surface area contributed by atoms with Gasteiger partial charge in [0.1, 0.15) is 16.4 Å². The fourth-order valence-electron chi connectivity index (χ4n) is 1.62. The van der Waals surface area contributed by atoms with Gasteiger partial charge in [0, 0.05) is 6.54 Å². The van der Waals surface area contributed by atoms with Gasteiger partial charge >= 0.3 is 5.97 Å². The van der Waals surface area contributed by atoms with Gasteiger partial charge in [0.05, 0.1) is 12.7 Å². The van der Waals surface area contributed by atoms with E-state index >= 15 is 0 Å². The molecule has 1 amide bonds. The molecule has 0 radical (unpaired) electrons. The standard InChI is InChI=1S/C13H17NO6S/c1-3-6-14-12(15)8-21(18,19)11-7-9(13(16)17)4-5-10(11)20-2/h4-5,7H,3,6,8H2,1-2H3,(H,14,15)(H,16,17). The number of hydrogen-bond acceptors (Lipinski definition) is 5. The molecule has 8 heteroatoms. The molecule has 0 spiro atoms. The maximum atomic E-state index is 12.2. The van der Waals surface area contributed by atoms with E-state index in [0.29, 0.717) is 13.0 Å². The van der Waals surface area contributed by atoms with Gasteiger partial charge in [-0.1, -0.05) is 6.92 Å². The fourth-order valence-corrected chi connectivity index (χ4v) is 2.99. The molecule has 0 aromatic heterocycles. The first kappa shape index (κ1) is 17.0. The lowest BCUT2D eigenvalue weighted by Crippen LogP contribution is -2.31. The van der Waals surface area contributed by atoms with E-state index in [1.165, 1.54) is 19.2 Å². The normalized spacial score (nSPS) is 11.0. The van der Waals surface area contributed by atoms with Gasteiger partial charge < -0.3 is 15.2 Å². The van der Waals surface area contributed by atoms with Gasteiger partial charge in [-0.2, -0.15) is 0 Å². The van der Waals surface area contributed by atoms with Gasteiger partial charge in [-0.05, 0) is 24.6 Å². The van der Waals surface area contributed by atoms with Crippen molar-refractivity contribution < 1.29 is 27.9 Å². The topological polar surface area (TPSA) is 110 Å². The summed E-state index contributed by atoms with van der Waals surface area (Å²) in [5.41, 5.74) is -0.191. The first-order valence-corrected chi connectivity index (χ1v) is 7.87. The van der Waals surface area contributed by atoms with Gasteiger partial charge in [0.25, 0.3) is 0 Å². The molecule has 1 aromatic rings. The van der Waals surface area contributed by atoms with Crippen molar-refractivity contribution in [1.29, 1.82) is 0 Å². The summed E-state index contributed by atoms with van der Waals surface area (Å²) in [5, 5.41) is 11.4. The van der Waals surface area contributed by atoms with Crippen molar-refractivity contribution in [3.05, 3.63) is 23.8 Å². The predicted molar refractivity (Wildman–Crippen MR) is 75.3 cm³/mol. The van der Waals surface area contributed by atoms with Crippen molar-refractivity contribution in [1.82, 2.24) is 5.32 Å². The van der Waals surface area contributed by atoms with Crippen molar-refractivity contribution in [3.63, 3.8) is 0 Å². The van der Waals surface area contributed by atoms with Crippen LogP contribution in [0.25, 0.3) is 0 Å². The Hall–Kier alpha value is -2.09. The van der Waals surface area contributed by atoms with Crippen LogP contribution < -0.4 is 10.1 Å². The number of carbonyl (C=O) groups is 2. The molecule has 7 nitrogen and oxygen atoms in total. The number of amides is 1. The molecule has 0 saturated carbocycles. The van der Waals surface area contributed by atoms with E-state index in [1.54, 1.807) is 0 Å². The number of benzene rings is 1. The molecule has 0 aliphatic rings.